The first kappa shape index (κ1) is 20.7. The fourth-order valence-electron chi connectivity index (χ4n) is 2.32. The maximum Gasteiger partial charge on any atom is 0.306 e. The lowest BCUT2D eigenvalue weighted by molar-refractivity contribution is -0.149. The molecule has 0 bridgehead atoms. The van der Waals surface area contributed by atoms with Gasteiger partial charge in [0.1, 0.15) is 6.61 Å². The average molecular weight is 350 g/mol. The molecular formula is C19H26O6. The predicted octanol–water partition coefficient (Wildman–Crippen LogP) is 3.03. The topological polar surface area (TPSA) is 78.9 Å². The van der Waals surface area contributed by atoms with Crippen LogP contribution >= 0.6 is 0 Å². The fourth-order valence-corrected chi connectivity index (χ4v) is 2.32. The summed E-state index contributed by atoms with van der Waals surface area (Å²) in [5, 5.41) is 0. The minimum atomic E-state index is -0.380. The molecule has 0 heterocycles. The van der Waals surface area contributed by atoms with Crippen LogP contribution in [0.4, 0.5) is 0 Å². The summed E-state index contributed by atoms with van der Waals surface area (Å²) in [6.07, 6.45) is 0.665. The van der Waals surface area contributed by atoms with Gasteiger partial charge in [0.25, 0.3) is 0 Å². The van der Waals surface area contributed by atoms with Crippen LogP contribution in [0.15, 0.2) is 30.3 Å². The van der Waals surface area contributed by atoms with Crippen LogP contribution in [0.2, 0.25) is 0 Å². The van der Waals surface area contributed by atoms with Gasteiger partial charge in [0.2, 0.25) is 0 Å². The normalized spacial score (nSPS) is 10.4. The molecule has 1 rings (SSSR count). The van der Waals surface area contributed by atoms with Gasteiger partial charge >= 0.3 is 17.9 Å². The van der Waals surface area contributed by atoms with Gasteiger partial charge in [-0.2, -0.15) is 0 Å². The van der Waals surface area contributed by atoms with Gasteiger partial charge in [0, 0.05) is 19.3 Å². The Balaban J connectivity index is 2.44. The second-order valence-electron chi connectivity index (χ2n) is 5.57. The molecule has 0 unspecified atom stereocenters. The molecule has 0 amide bonds. The van der Waals surface area contributed by atoms with Gasteiger partial charge in [-0.15, -0.1) is 0 Å². The maximum absolute atomic E-state index is 11.9. The Labute approximate surface area is 148 Å². The molecule has 6 heteroatoms. The summed E-state index contributed by atoms with van der Waals surface area (Å²) in [5.74, 6) is -1.42. The van der Waals surface area contributed by atoms with E-state index in [9.17, 15) is 14.4 Å². The third kappa shape index (κ3) is 9.49. The van der Waals surface area contributed by atoms with Crippen molar-refractivity contribution in [3.05, 3.63) is 35.9 Å². The van der Waals surface area contributed by atoms with E-state index in [1.54, 1.807) is 13.8 Å². The highest BCUT2D eigenvalue weighted by molar-refractivity contribution is 5.74. The Morgan fingerprint density at radius 1 is 0.840 bits per heavy atom. The van der Waals surface area contributed by atoms with Crippen molar-refractivity contribution in [3.8, 4) is 0 Å². The Hall–Kier alpha value is -2.37. The molecule has 0 aliphatic rings. The van der Waals surface area contributed by atoms with E-state index in [1.807, 2.05) is 30.3 Å². The molecule has 1 aromatic rings. The van der Waals surface area contributed by atoms with Gasteiger partial charge in [0.05, 0.1) is 13.2 Å². The van der Waals surface area contributed by atoms with E-state index in [0.717, 1.165) is 5.56 Å². The lowest BCUT2D eigenvalue weighted by atomic mass is 9.96. The fraction of sp³-hybridized carbons (Fsp3) is 0.526. The Morgan fingerprint density at radius 2 is 1.40 bits per heavy atom. The van der Waals surface area contributed by atoms with Crippen molar-refractivity contribution in [1.29, 1.82) is 0 Å². The van der Waals surface area contributed by atoms with Crippen LogP contribution in [0.3, 0.4) is 0 Å². The molecule has 0 atom stereocenters. The summed E-state index contributed by atoms with van der Waals surface area (Å²) in [6, 6.07) is 9.38. The minimum Gasteiger partial charge on any atom is -0.466 e. The molecule has 0 aliphatic carbocycles. The van der Waals surface area contributed by atoms with E-state index in [2.05, 4.69) is 0 Å². The monoisotopic (exact) mass is 350 g/mol. The number of ether oxygens (including phenoxy) is 3. The summed E-state index contributed by atoms with van der Waals surface area (Å²) in [7, 11) is 0. The van der Waals surface area contributed by atoms with Crippen LogP contribution < -0.4 is 0 Å². The number of benzene rings is 1. The standard InChI is InChI=1S/C19H26O6/c1-3-23-18(21)12-16(13-19(22)24-4-2)10-11-17(20)25-14-15-8-6-5-7-9-15/h5-9,16H,3-4,10-14H2,1-2H3. The van der Waals surface area contributed by atoms with Crippen molar-refractivity contribution in [3.63, 3.8) is 0 Å². The highest BCUT2D eigenvalue weighted by Gasteiger charge is 2.20. The van der Waals surface area contributed by atoms with Crippen LogP contribution in [-0.2, 0) is 35.2 Å². The summed E-state index contributed by atoms with van der Waals surface area (Å²) >= 11 is 0. The number of hydrogen-bond donors (Lipinski definition) is 0. The molecule has 0 spiro atoms. The summed E-state index contributed by atoms with van der Waals surface area (Å²) in [5.41, 5.74) is 0.908. The van der Waals surface area contributed by atoms with E-state index >= 15 is 0 Å². The maximum atomic E-state index is 11.9. The zero-order valence-corrected chi connectivity index (χ0v) is 14.9. The Bertz CT molecular complexity index is 520. The molecule has 0 saturated carbocycles. The summed E-state index contributed by atoms with van der Waals surface area (Å²) in [4.78, 5) is 35.2. The average Bonchev–Trinajstić information content (AvgIpc) is 2.59. The van der Waals surface area contributed by atoms with Gasteiger partial charge < -0.3 is 14.2 Å². The van der Waals surface area contributed by atoms with Gasteiger partial charge in [-0.05, 0) is 31.7 Å². The smallest absolute Gasteiger partial charge is 0.306 e. The van der Waals surface area contributed by atoms with Crippen molar-refractivity contribution >= 4 is 17.9 Å². The van der Waals surface area contributed by atoms with Crippen LogP contribution in [0.1, 0.15) is 45.1 Å². The van der Waals surface area contributed by atoms with Crippen LogP contribution in [0.5, 0.6) is 0 Å². The molecule has 138 valence electrons. The lowest BCUT2D eigenvalue weighted by Crippen LogP contribution is -2.18. The number of carbonyl (C=O) groups is 3. The van der Waals surface area contributed by atoms with Crippen molar-refractivity contribution in [2.75, 3.05) is 13.2 Å². The number of rotatable bonds is 11. The highest BCUT2D eigenvalue weighted by atomic mass is 16.5. The number of hydrogen-bond acceptors (Lipinski definition) is 6. The van der Waals surface area contributed by atoms with Crippen molar-refractivity contribution in [2.24, 2.45) is 5.92 Å². The van der Waals surface area contributed by atoms with Crippen LogP contribution in [-0.4, -0.2) is 31.1 Å². The first-order valence-corrected chi connectivity index (χ1v) is 8.55. The molecule has 6 nitrogen and oxygen atoms in total. The highest BCUT2D eigenvalue weighted by Crippen LogP contribution is 2.18. The van der Waals surface area contributed by atoms with Crippen LogP contribution in [0.25, 0.3) is 0 Å². The molecule has 0 aromatic heterocycles. The largest absolute Gasteiger partial charge is 0.466 e. The molecule has 1 aromatic carbocycles. The van der Waals surface area contributed by atoms with Gasteiger partial charge in [-0.3, -0.25) is 14.4 Å². The molecule has 0 N–H and O–H groups in total. The second-order valence-corrected chi connectivity index (χ2v) is 5.57. The van der Waals surface area contributed by atoms with Crippen molar-refractivity contribution in [1.82, 2.24) is 0 Å². The van der Waals surface area contributed by atoms with Gasteiger partial charge in [0.15, 0.2) is 0 Å². The van der Waals surface area contributed by atoms with Crippen molar-refractivity contribution < 1.29 is 28.6 Å². The van der Waals surface area contributed by atoms with E-state index in [0.29, 0.717) is 6.42 Å². The van der Waals surface area contributed by atoms with Crippen LogP contribution in [0, 0.1) is 5.92 Å². The zero-order valence-electron chi connectivity index (χ0n) is 14.9. The number of carbonyl (C=O) groups excluding carboxylic acids is 3. The SMILES string of the molecule is CCOC(=O)CC(CCC(=O)OCc1ccccc1)CC(=O)OCC. The first-order valence-electron chi connectivity index (χ1n) is 8.55. The lowest BCUT2D eigenvalue weighted by Gasteiger charge is -2.15. The Morgan fingerprint density at radius 3 is 1.92 bits per heavy atom. The number of esters is 3. The molecule has 0 radical (unpaired) electrons. The van der Waals surface area contributed by atoms with E-state index < -0.39 is 0 Å². The molecular weight excluding hydrogens is 324 g/mol. The van der Waals surface area contributed by atoms with E-state index in [-0.39, 0.29) is 62.9 Å². The summed E-state index contributed by atoms with van der Waals surface area (Å²) in [6.45, 7) is 4.21. The third-order valence-electron chi connectivity index (χ3n) is 3.52. The molecule has 0 aliphatic heterocycles. The predicted molar refractivity (Wildman–Crippen MR) is 91.5 cm³/mol. The second kappa shape index (κ2) is 12.1. The molecule has 0 saturated heterocycles. The first-order chi connectivity index (χ1) is 12.0. The quantitative estimate of drug-likeness (QED) is 0.451. The van der Waals surface area contributed by atoms with Gasteiger partial charge in [-0.1, -0.05) is 30.3 Å². The zero-order chi connectivity index (χ0) is 18.5. The van der Waals surface area contributed by atoms with Crippen molar-refractivity contribution in [2.45, 2.75) is 46.1 Å². The molecule has 25 heavy (non-hydrogen) atoms. The Kier molecular flexibility index (Phi) is 9.97. The van der Waals surface area contributed by atoms with Gasteiger partial charge in [-0.25, -0.2) is 0 Å². The minimum absolute atomic E-state index is 0.0820. The van der Waals surface area contributed by atoms with E-state index in [1.165, 1.54) is 0 Å². The van der Waals surface area contributed by atoms with E-state index in [4.69, 9.17) is 14.2 Å². The third-order valence-corrected chi connectivity index (χ3v) is 3.52. The molecule has 0 fully saturated rings. The summed E-state index contributed by atoms with van der Waals surface area (Å²) < 4.78 is 15.0.